The van der Waals surface area contributed by atoms with Crippen molar-refractivity contribution in [1.82, 2.24) is 16.2 Å². The van der Waals surface area contributed by atoms with E-state index in [0.717, 1.165) is 0 Å². The lowest BCUT2D eigenvalue weighted by atomic mass is 10.0. The highest BCUT2D eigenvalue weighted by atomic mass is 32.1. The Balaban J connectivity index is 2.03. The van der Waals surface area contributed by atoms with Gasteiger partial charge in [-0.3, -0.25) is 25.2 Å². The second-order valence-corrected chi connectivity index (χ2v) is 6.99. The Morgan fingerprint density at radius 3 is 2.41 bits per heavy atom. The first-order valence-electron chi connectivity index (χ1n) is 8.60. The lowest BCUT2D eigenvalue weighted by Gasteiger charge is -2.22. The number of carbonyl (C=O) groups is 3. The number of hydrogen-bond acceptors (Lipinski definition) is 5. The van der Waals surface area contributed by atoms with Crippen LogP contribution in [-0.4, -0.2) is 30.4 Å². The minimum atomic E-state index is -0.823. The Morgan fingerprint density at radius 1 is 1.04 bits per heavy atom. The standard InChI is InChI=1S/C19H23N3O4S/c1-4-26-14-9-6-5-8-13(14)17(23)20-16(12(2)3)19(25)22-21-18(24)15-10-7-11-27-15/h5-12,16H,4H2,1-3H3,(H,20,23)(H,21,24)(H,22,25)/t16-/m1/s1. The molecule has 0 saturated heterocycles. The van der Waals surface area contributed by atoms with E-state index in [4.69, 9.17) is 4.74 Å². The summed E-state index contributed by atoms with van der Waals surface area (Å²) in [5, 5.41) is 4.48. The first kappa shape index (κ1) is 20.4. The normalized spacial score (nSPS) is 11.6. The van der Waals surface area contributed by atoms with Gasteiger partial charge in [-0.25, -0.2) is 0 Å². The molecule has 0 aliphatic heterocycles. The van der Waals surface area contributed by atoms with Gasteiger partial charge >= 0.3 is 0 Å². The molecule has 0 radical (unpaired) electrons. The summed E-state index contributed by atoms with van der Waals surface area (Å²) in [5.74, 6) is -1.07. The molecule has 1 heterocycles. The third-order valence-corrected chi connectivity index (χ3v) is 4.58. The summed E-state index contributed by atoms with van der Waals surface area (Å²) in [7, 11) is 0. The molecule has 2 aromatic rings. The van der Waals surface area contributed by atoms with Gasteiger partial charge < -0.3 is 10.1 Å². The van der Waals surface area contributed by atoms with E-state index in [1.165, 1.54) is 11.3 Å². The highest BCUT2D eigenvalue weighted by molar-refractivity contribution is 7.12. The molecular weight excluding hydrogens is 366 g/mol. The Morgan fingerprint density at radius 2 is 1.78 bits per heavy atom. The fourth-order valence-electron chi connectivity index (χ4n) is 2.36. The van der Waals surface area contributed by atoms with Crippen LogP contribution in [0.5, 0.6) is 5.75 Å². The zero-order valence-electron chi connectivity index (χ0n) is 15.4. The number of para-hydroxylation sites is 1. The quantitative estimate of drug-likeness (QED) is 0.634. The minimum absolute atomic E-state index is 0.188. The van der Waals surface area contributed by atoms with Gasteiger partial charge in [-0.1, -0.05) is 32.0 Å². The predicted molar refractivity (Wildman–Crippen MR) is 104 cm³/mol. The third kappa shape index (κ3) is 5.55. The van der Waals surface area contributed by atoms with Crippen LogP contribution in [0.2, 0.25) is 0 Å². The molecule has 0 saturated carbocycles. The Hall–Kier alpha value is -2.87. The molecule has 8 heteroatoms. The van der Waals surface area contributed by atoms with Gasteiger partial charge in [0.05, 0.1) is 17.0 Å². The van der Waals surface area contributed by atoms with E-state index in [9.17, 15) is 14.4 Å². The van der Waals surface area contributed by atoms with Crippen LogP contribution < -0.4 is 20.9 Å². The SMILES string of the molecule is CCOc1ccccc1C(=O)N[C@@H](C(=O)NNC(=O)c1cccs1)C(C)C. The summed E-state index contributed by atoms with van der Waals surface area (Å²) >= 11 is 1.26. The molecule has 0 aliphatic rings. The molecule has 0 unspecified atom stereocenters. The van der Waals surface area contributed by atoms with Crippen LogP contribution in [0.3, 0.4) is 0 Å². The highest BCUT2D eigenvalue weighted by Crippen LogP contribution is 2.18. The summed E-state index contributed by atoms with van der Waals surface area (Å²) < 4.78 is 5.46. The smallest absolute Gasteiger partial charge is 0.279 e. The van der Waals surface area contributed by atoms with Crippen molar-refractivity contribution in [2.45, 2.75) is 26.8 Å². The van der Waals surface area contributed by atoms with Gasteiger partial charge in [-0.2, -0.15) is 0 Å². The summed E-state index contributed by atoms with van der Waals surface area (Å²) in [6, 6.07) is 9.40. The minimum Gasteiger partial charge on any atom is -0.493 e. The van der Waals surface area contributed by atoms with Gasteiger partial charge in [0, 0.05) is 0 Å². The number of nitrogens with one attached hydrogen (secondary N) is 3. The van der Waals surface area contributed by atoms with Crippen LogP contribution in [0.4, 0.5) is 0 Å². The highest BCUT2D eigenvalue weighted by Gasteiger charge is 2.26. The van der Waals surface area contributed by atoms with Crippen molar-refractivity contribution in [1.29, 1.82) is 0 Å². The van der Waals surface area contributed by atoms with Crippen LogP contribution in [0, 0.1) is 5.92 Å². The second kappa shape index (κ2) is 9.72. The number of ether oxygens (including phenoxy) is 1. The summed E-state index contributed by atoms with van der Waals surface area (Å²) in [6.07, 6.45) is 0. The Kier molecular flexibility index (Phi) is 7.36. The van der Waals surface area contributed by atoms with Gasteiger partial charge in [0.15, 0.2) is 0 Å². The average Bonchev–Trinajstić information content (AvgIpc) is 3.19. The molecule has 1 aromatic heterocycles. The molecule has 27 heavy (non-hydrogen) atoms. The molecule has 7 nitrogen and oxygen atoms in total. The van der Waals surface area contributed by atoms with Crippen molar-refractivity contribution in [2.24, 2.45) is 5.92 Å². The van der Waals surface area contributed by atoms with Crippen LogP contribution >= 0.6 is 11.3 Å². The first-order valence-corrected chi connectivity index (χ1v) is 9.48. The van der Waals surface area contributed by atoms with Crippen molar-refractivity contribution in [2.75, 3.05) is 6.61 Å². The number of benzene rings is 1. The van der Waals surface area contributed by atoms with Crippen molar-refractivity contribution >= 4 is 29.1 Å². The monoisotopic (exact) mass is 389 g/mol. The maximum absolute atomic E-state index is 12.6. The number of thiophene rings is 1. The molecule has 1 aromatic carbocycles. The van der Waals surface area contributed by atoms with Crippen LogP contribution in [0.1, 0.15) is 40.8 Å². The summed E-state index contributed by atoms with van der Waals surface area (Å²) in [4.78, 5) is 37.5. The fourth-order valence-corrected chi connectivity index (χ4v) is 2.97. The predicted octanol–water partition coefficient (Wildman–Crippen LogP) is 2.36. The van der Waals surface area contributed by atoms with Gasteiger partial charge in [-0.15, -0.1) is 11.3 Å². The lowest BCUT2D eigenvalue weighted by Crippen LogP contribution is -2.54. The molecule has 1 atom stereocenters. The van der Waals surface area contributed by atoms with Crippen LogP contribution in [0.15, 0.2) is 41.8 Å². The number of rotatable bonds is 7. The van der Waals surface area contributed by atoms with Crippen LogP contribution in [0.25, 0.3) is 0 Å². The van der Waals surface area contributed by atoms with E-state index in [1.54, 1.807) is 55.6 Å². The summed E-state index contributed by atoms with van der Waals surface area (Å²) in [6.45, 7) is 5.86. The molecule has 2 rings (SSSR count). The van der Waals surface area contributed by atoms with E-state index in [-0.39, 0.29) is 5.92 Å². The van der Waals surface area contributed by atoms with Crippen molar-refractivity contribution in [3.63, 3.8) is 0 Å². The maximum Gasteiger partial charge on any atom is 0.279 e. The molecule has 144 valence electrons. The van der Waals surface area contributed by atoms with Crippen LogP contribution in [-0.2, 0) is 4.79 Å². The van der Waals surface area contributed by atoms with E-state index in [1.807, 2.05) is 6.92 Å². The lowest BCUT2D eigenvalue weighted by molar-refractivity contribution is -0.124. The topological polar surface area (TPSA) is 96.5 Å². The molecule has 0 aliphatic carbocycles. The zero-order chi connectivity index (χ0) is 19.8. The molecular formula is C19H23N3O4S. The van der Waals surface area contributed by atoms with E-state index < -0.39 is 23.8 Å². The number of hydrogen-bond donors (Lipinski definition) is 3. The molecule has 0 fully saturated rings. The second-order valence-electron chi connectivity index (χ2n) is 6.04. The van der Waals surface area contributed by atoms with Crippen molar-refractivity contribution in [3.05, 3.63) is 52.2 Å². The van der Waals surface area contributed by atoms with E-state index >= 15 is 0 Å². The molecule has 0 spiro atoms. The maximum atomic E-state index is 12.6. The molecule has 3 N–H and O–H groups in total. The number of carbonyl (C=O) groups excluding carboxylic acids is 3. The van der Waals surface area contributed by atoms with Crippen molar-refractivity contribution in [3.8, 4) is 5.75 Å². The fraction of sp³-hybridized carbons (Fsp3) is 0.316. The number of amides is 3. The summed E-state index contributed by atoms with van der Waals surface area (Å²) in [5.41, 5.74) is 5.08. The van der Waals surface area contributed by atoms with Gasteiger partial charge in [0.25, 0.3) is 17.7 Å². The van der Waals surface area contributed by atoms with E-state index in [2.05, 4.69) is 16.2 Å². The first-order chi connectivity index (χ1) is 12.9. The molecule has 0 bridgehead atoms. The third-order valence-electron chi connectivity index (χ3n) is 3.71. The largest absolute Gasteiger partial charge is 0.493 e. The van der Waals surface area contributed by atoms with Crippen molar-refractivity contribution < 1.29 is 19.1 Å². The Labute approximate surface area is 162 Å². The Bertz CT molecular complexity index is 790. The van der Waals surface area contributed by atoms with Gasteiger partial charge in [0.1, 0.15) is 11.8 Å². The van der Waals surface area contributed by atoms with E-state index in [0.29, 0.717) is 22.8 Å². The van der Waals surface area contributed by atoms with Gasteiger partial charge in [-0.05, 0) is 36.4 Å². The zero-order valence-corrected chi connectivity index (χ0v) is 16.3. The van der Waals surface area contributed by atoms with Gasteiger partial charge in [0.2, 0.25) is 0 Å². The average molecular weight is 389 g/mol. The number of hydrazine groups is 1. The molecule has 3 amide bonds.